The lowest BCUT2D eigenvalue weighted by atomic mass is 10.1. The van der Waals surface area contributed by atoms with Gasteiger partial charge in [-0.15, -0.1) is 0 Å². The molecule has 5 heteroatoms. The number of methoxy groups -OCH3 is 1. The van der Waals surface area contributed by atoms with Gasteiger partial charge in [0.1, 0.15) is 11.6 Å². The summed E-state index contributed by atoms with van der Waals surface area (Å²) in [6, 6.07) is 6.25. The maximum Gasteiger partial charge on any atom is 0.170 e. The Morgan fingerprint density at radius 2 is 2.19 bits per heavy atom. The zero-order valence-electron chi connectivity index (χ0n) is 12.1. The van der Waals surface area contributed by atoms with Crippen molar-refractivity contribution in [2.24, 2.45) is 0 Å². The van der Waals surface area contributed by atoms with Crippen LogP contribution in [0.5, 0.6) is 5.75 Å². The SMILES string of the molecule is COc1cccc(F)c1C(=O)CCN(C)Cc1ccoc1. The second kappa shape index (κ2) is 7.04. The summed E-state index contributed by atoms with van der Waals surface area (Å²) in [4.78, 5) is 14.2. The number of furan rings is 1. The fraction of sp³-hybridized carbons (Fsp3) is 0.312. The van der Waals surface area contributed by atoms with Crippen molar-refractivity contribution in [3.8, 4) is 5.75 Å². The van der Waals surface area contributed by atoms with Crippen molar-refractivity contribution in [3.05, 3.63) is 53.7 Å². The minimum absolute atomic E-state index is 0.0247. The van der Waals surface area contributed by atoms with E-state index in [-0.39, 0.29) is 23.5 Å². The Morgan fingerprint density at radius 3 is 2.86 bits per heavy atom. The van der Waals surface area contributed by atoms with Crippen LogP contribution in [-0.4, -0.2) is 31.4 Å². The first kappa shape index (κ1) is 15.3. The van der Waals surface area contributed by atoms with Crippen molar-refractivity contribution in [3.63, 3.8) is 0 Å². The molecule has 4 nitrogen and oxygen atoms in total. The summed E-state index contributed by atoms with van der Waals surface area (Å²) >= 11 is 0. The van der Waals surface area contributed by atoms with Crippen LogP contribution in [0, 0.1) is 5.82 Å². The van der Waals surface area contributed by atoms with Crippen molar-refractivity contribution in [1.82, 2.24) is 4.90 Å². The number of hydrogen-bond acceptors (Lipinski definition) is 4. The quantitative estimate of drug-likeness (QED) is 0.735. The predicted octanol–water partition coefficient (Wildman–Crippen LogP) is 3.13. The molecule has 1 aromatic heterocycles. The largest absolute Gasteiger partial charge is 0.496 e. The highest BCUT2D eigenvalue weighted by Gasteiger charge is 2.17. The van der Waals surface area contributed by atoms with Crippen molar-refractivity contribution in [2.75, 3.05) is 20.7 Å². The second-order valence-corrected chi connectivity index (χ2v) is 4.86. The van der Waals surface area contributed by atoms with Crippen molar-refractivity contribution in [1.29, 1.82) is 0 Å². The van der Waals surface area contributed by atoms with Gasteiger partial charge in [-0.3, -0.25) is 4.79 Å². The molecule has 0 amide bonds. The van der Waals surface area contributed by atoms with Gasteiger partial charge < -0.3 is 14.1 Å². The van der Waals surface area contributed by atoms with Gasteiger partial charge in [-0.25, -0.2) is 4.39 Å². The maximum absolute atomic E-state index is 13.8. The summed E-state index contributed by atoms with van der Waals surface area (Å²) in [6.07, 6.45) is 3.50. The van der Waals surface area contributed by atoms with Crippen molar-refractivity contribution < 1.29 is 18.3 Å². The zero-order chi connectivity index (χ0) is 15.2. The molecule has 0 fully saturated rings. The fourth-order valence-electron chi connectivity index (χ4n) is 2.14. The lowest BCUT2D eigenvalue weighted by Gasteiger charge is -2.15. The number of Topliss-reactive ketones (excluding diaryl/α,β-unsaturated/α-hetero) is 1. The third kappa shape index (κ3) is 3.92. The van der Waals surface area contributed by atoms with E-state index < -0.39 is 5.82 Å². The summed E-state index contributed by atoms with van der Waals surface area (Å²) in [7, 11) is 3.33. The van der Waals surface area contributed by atoms with Gasteiger partial charge in [0.05, 0.1) is 25.2 Å². The van der Waals surface area contributed by atoms with Crippen LogP contribution in [0.4, 0.5) is 4.39 Å². The van der Waals surface area contributed by atoms with E-state index >= 15 is 0 Å². The van der Waals surface area contributed by atoms with Crippen LogP contribution >= 0.6 is 0 Å². The van der Waals surface area contributed by atoms with Crippen molar-refractivity contribution in [2.45, 2.75) is 13.0 Å². The van der Waals surface area contributed by atoms with Gasteiger partial charge >= 0.3 is 0 Å². The monoisotopic (exact) mass is 291 g/mol. The zero-order valence-corrected chi connectivity index (χ0v) is 12.1. The van der Waals surface area contributed by atoms with E-state index in [9.17, 15) is 9.18 Å². The minimum Gasteiger partial charge on any atom is -0.496 e. The van der Waals surface area contributed by atoms with Gasteiger partial charge in [0.15, 0.2) is 5.78 Å². The van der Waals surface area contributed by atoms with E-state index in [1.54, 1.807) is 18.6 Å². The highest BCUT2D eigenvalue weighted by molar-refractivity contribution is 5.99. The number of rotatable bonds is 7. The molecule has 0 atom stereocenters. The van der Waals surface area contributed by atoms with E-state index in [0.29, 0.717) is 13.1 Å². The highest BCUT2D eigenvalue weighted by Crippen LogP contribution is 2.22. The highest BCUT2D eigenvalue weighted by atomic mass is 19.1. The third-order valence-electron chi connectivity index (χ3n) is 3.23. The molecule has 0 spiro atoms. The lowest BCUT2D eigenvalue weighted by molar-refractivity contribution is 0.0960. The molecule has 0 saturated heterocycles. The van der Waals surface area contributed by atoms with E-state index in [4.69, 9.17) is 9.15 Å². The molecule has 0 aliphatic carbocycles. The number of ketones is 1. The summed E-state index contributed by atoms with van der Waals surface area (Å²) in [6.45, 7) is 1.21. The number of benzene rings is 1. The molecular weight excluding hydrogens is 273 g/mol. The molecule has 0 N–H and O–H groups in total. The Balaban J connectivity index is 1.96. The average Bonchev–Trinajstić information content (AvgIpc) is 2.97. The molecule has 21 heavy (non-hydrogen) atoms. The van der Waals surface area contributed by atoms with Crippen LogP contribution in [0.3, 0.4) is 0 Å². The Kier molecular flexibility index (Phi) is 5.11. The molecular formula is C16H18FNO3. The van der Waals surface area contributed by atoms with Crippen LogP contribution in [0.25, 0.3) is 0 Å². The Labute approximate surface area is 123 Å². The Morgan fingerprint density at radius 1 is 1.38 bits per heavy atom. The molecule has 0 aliphatic rings. The second-order valence-electron chi connectivity index (χ2n) is 4.86. The molecule has 0 bridgehead atoms. The first-order chi connectivity index (χ1) is 10.1. The molecule has 0 saturated carbocycles. The first-order valence-corrected chi connectivity index (χ1v) is 6.67. The number of halogens is 1. The standard InChI is InChI=1S/C16H18FNO3/c1-18(10-12-7-9-21-11-12)8-6-14(19)16-13(17)4-3-5-15(16)20-2/h3-5,7,9,11H,6,8,10H2,1-2H3. The van der Waals surface area contributed by atoms with Gasteiger partial charge in [0.2, 0.25) is 0 Å². The summed E-state index contributed by atoms with van der Waals surface area (Å²) in [5.41, 5.74) is 1.06. The van der Waals surface area contributed by atoms with E-state index in [0.717, 1.165) is 5.56 Å². The number of nitrogens with zero attached hydrogens (tertiary/aromatic N) is 1. The van der Waals surface area contributed by atoms with Gasteiger partial charge in [-0.2, -0.15) is 0 Å². The van der Waals surface area contributed by atoms with Crippen LogP contribution in [0.15, 0.2) is 41.2 Å². The van der Waals surface area contributed by atoms with Gasteiger partial charge in [-0.05, 0) is 25.2 Å². The topological polar surface area (TPSA) is 42.7 Å². The van der Waals surface area contributed by atoms with Gasteiger partial charge in [-0.1, -0.05) is 6.07 Å². The summed E-state index contributed by atoms with van der Waals surface area (Å²) in [5.74, 6) is -0.529. The molecule has 0 aliphatic heterocycles. The van der Waals surface area contributed by atoms with Crippen LogP contribution in [0.2, 0.25) is 0 Å². The van der Waals surface area contributed by atoms with Crippen molar-refractivity contribution >= 4 is 5.78 Å². The predicted molar refractivity (Wildman–Crippen MR) is 76.9 cm³/mol. The normalized spacial score (nSPS) is 10.9. The van der Waals surface area contributed by atoms with E-state index in [2.05, 4.69) is 0 Å². The smallest absolute Gasteiger partial charge is 0.170 e. The fourth-order valence-corrected chi connectivity index (χ4v) is 2.14. The van der Waals surface area contributed by atoms with Crippen LogP contribution in [-0.2, 0) is 6.54 Å². The molecule has 1 aromatic carbocycles. The molecule has 0 radical (unpaired) electrons. The van der Waals surface area contributed by atoms with Crippen LogP contribution in [0.1, 0.15) is 22.3 Å². The van der Waals surface area contributed by atoms with E-state index in [1.165, 1.54) is 19.2 Å². The average molecular weight is 291 g/mol. The summed E-state index contributed by atoms with van der Waals surface area (Å²) in [5, 5.41) is 0. The molecule has 0 unspecified atom stereocenters. The minimum atomic E-state index is -0.545. The number of carbonyl (C=O) groups excluding carboxylic acids is 1. The Bertz CT molecular complexity index is 596. The molecule has 2 rings (SSSR count). The van der Waals surface area contributed by atoms with Crippen LogP contribution < -0.4 is 4.74 Å². The van der Waals surface area contributed by atoms with Gasteiger partial charge in [0.25, 0.3) is 0 Å². The van der Waals surface area contributed by atoms with Gasteiger partial charge in [0, 0.05) is 25.1 Å². The summed E-state index contributed by atoms with van der Waals surface area (Å²) < 4.78 is 23.8. The maximum atomic E-state index is 13.8. The molecule has 112 valence electrons. The lowest BCUT2D eigenvalue weighted by Crippen LogP contribution is -2.21. The number of carbonyl (C=O) groups is 1. The first-order valence-electron chi connectivity index (χ1n) is 6.67. The molecule has 2 aromatic rings. The Hall–Kier alpha value is -2.14. The number of hydrogen-bond donors (Lipinski definition) is 0. The third-order valence-corrected chi connectivity index (χ3v) is 3.23. The number of ether oxygens (including phenoxy) is 1. The molecule has 1 heterocycles. The van der Waals surface area contributed by atoms with E-state index in [1.807, 2.05) is 18.0 Å².